The number of aliphatic hydroxyl groups is 1. The van der Waals surface area contributed by atoms with Crippen molar-refractivity contribution in [1.82, 2.24) is 4.90 Å². The Morgan fingerprint density at radius 2 is 1.95 bits per heavy atom. The highest BCUT2D eigenvalue weighted by Gasteiger charge is 2.77. The molecule has 0 aliphatic carbocycles. The first-order chi connectivity index (χ1) is 18.6. The number of fused-ring (bicyclic) bond motifs is 1. The Labute approximate surface area is 236 Å². The van der Waals surface area contributed by atoms with Gasteiger partial charge in [0, 0.05) is 17.5 Å². The first-order valence-electron chi connectivity index (χ1n) is 14.0. The highest BCUT2D eigenvalue weighted by atomic mass is 32.2. The number of benzene rings is 1. The van der Waals surface area contributed by atoms with E-state index in [9.17, 15) is 19.5 Å². The lowest BCUT2D eigenvalue weighted by atomic mass is 9.66. The molecule has 0 aromatic heterocycles. The third-order valence-corrected chi connectivity index (χ3v) is 11.2. The van der Waals surface area contributed by atoms with Gasteiger partial charge in [0.15, 0.2) is 0 Å². The lowest BCUT2D eigenvalue weighted by molar-refractivity contribution is -0.154. The zero-order valence-corrected chi connectivity index (χ0v) is 24.6. The molecule has 7 nitrogen and oxygen atoms in total. The van der Waals surface area contributed by atoms with Crippen LogP contribution in [-0.2, 0) is 19.1 Å². The molecule has 0 radical (unpaired) electrons. The maximum atomic E-state index is 14.9. The number of hydrogen-bond acceptors (Lipinski definition) is 6. The standard InChI is InChI=1S/C31H42N2O5S/c1-8-14-32(26-19(5)12-11-13-20(26)6)29(36)27-31-21(7)16-23(39-31)24(30(37)38-15-9-2)25(31)28(35)33(27)22(17-34)18(4)10-3/h8-9,11-13,18,21-25,27,34H,1-2,10,14-17H2,3-7H3/t18-,21?,22-,23-,24+,25-,27?,31?/m0/s1. The summed E-state index contributed by atoms with van der Waals surface area (Å²) < 4.78 is 4.69. The second-order valence-corrected chi connectivity index (χ2v) is 12.9. The summed E-state index contributed by atoms with van der Waals surface area (Å²) in [7, 11) is 0. The number of ether oxygens (including phenoxy) is 1. The van der Waals surface area contributed by atoms with Crippen LogP contribution in [0, 0.1) is 37.5 Å². The van der Waals surface area contributed by atoms with E-state index in [4.69, 9.17) is 4.74 Å². The topological polar surface area (TPSA) is 87.2 Å². The molecule has 8 atom stereocenters. The summed E-state index contributed by atoms with van der Waals surface area (Å²) in [6.45, 7) is 17.7. The van der Waals surface area contributed by atoms with Crippen molar-refractivity contribution in [3.05, 3.63) is 54.6 Å². The number of carbonyl (C=O) groups is 3. The Hall–Kier alpha value is -2.58. The highest BCUT2D eigenvalue weighted by Crippen LogP contribution is 2.69. The van der Waals surface area contributed by atoms with E-state index in [1.54, 1.807) is 27.6 Å². The van der Waals surface area contributed by atoms with E-state index < -0.39 is 34.6 Å². The van der Waals surface area contributed by atoms with Crippen LogP contribution in [0.25, 0.3) is 0 Å². The van der Waals surface area contributed by atoms with Gasteiger partial charge in [0.25, 0.3) is 5.91 Å². The van der Waals surface area contributed by atoms with Crippen LogP contribution in [0.1, 0.15) is 44.7 Å². The number of carbonyl (C=O) groups excluding carboxylic acids is 3. The first kappa shape index (κ1) is 29.4. The zero-order chi connectivity index (χ0) is 28.6. The van der Waals surface area contributed by atoms with Crippen LogP contribution < -0.4 is 4.90 Å². The predicted octanol–water partition coefficient (Wildman–Crippen LogP) is 4.30. The molecule has 1 aromatic rings. The van der Waals surface area contributed by atoms with E-state index in [0.717, 1.165) is 29.7 Å². The molecule has 1 spiro atoms. The summed E-state index contributed by atoms with van der Waals surface area (Å²) in [4.78, 5) is 46.1. The largest absolute Gasteiger partial charge is 0.461 e. The molecule has 0 saturated carbocycles. The molecule has 3 unspecified atom stereocenters. The van der Waals surface area contributed by atoms with Gasteiger partial charge in [-0.15, -0.1) is 18.3 Å². The molecule has 3 saturated heterocycles. The van der Waals surface area contributed by atoms with Crippen molar-refractivity contribution in [1.29, 1.82) is 0 Å². The number of esters is 1. The van der Waals surface area contributed by atoms with Crippen LogP contribution in [-0.4, -0.2) is 69.6 Å². The number of likely N-dealkylation sites (tertiary alicyclic amines) is 1. The molecule has 1 aromatic carbocycles. The maximum Gasteiger partial charge on any atom is 0.311 e. The summed E-state index contributed by atoms with van der Waals surface area (Å²) in [6.07, 6.45) is 4.68. The summed E-state index contributed by atoms with van der Waals surface area (Å²) >= 11 is 1.61. The van der Waals surface area contributed by atoms with Crippen molar-refractivity contribution < 1.29 is 24.2 Å². The van der Waals surface area contributed by atoms with Gasteiger partial charge in [-0.2, -0.15) is 0 Å². The average Bonchev–Trinajstić information content (AvgIpc) is 3.50. The quantitative estimate of drug-likeness (QED) is 0.324. The molecule has 2 amide bonds. The highest BCUT2D eigenvalue weighted by molar-refractivity contribution is 8.02. The minimum atomic E-state index is -0.831. The van der Waals surface area contributed by atoms with E-state index in [1.807, 2.05) is 45.9 Å². The molecule has 2 bridgehead atoms. The van der Waals surface area contributed by atoms with Gasteiger partial charge in [-0.25, -0.2) is 0 Å². The number of thioether (sulfide) groups is 1. The van der Waals surface area contributed by atoms with Crippen molar-refractivity contribution >= 4 is 35.2 Å². The van der Waals surface area contributed by atoms with Crippen LogP contribution in [0.3, 0.4) is 0 Å². The molecule has 3 fully saturated rings. The summed E-state index contributed by atoms with van der Waals surface area (Å²) in [5, 5.41) is 10.5. The third-order valence-electron chi connectivity index (χ3n) is 9.17. The van der Waals surface area contributed by atoms with Crippen LogP contribution in [0.4, 0.5) is 5.69 Å². The first-order valence-corrected chi connectivity index (χ1v) is 14.8. The number of aliphatic hydroxyl groups excluding tert-OH is 1. The number of aryl methyl sites for hydroxylation is 2. The SMILES string of the molecule is C=CCOC(=O)[C@@H]1[C@@H]2CC(C)C3(S2)C(C(=O)N(CC=C)c2c(C)cccc2C)N([C@@H](CO)[C@@H](C)CC)C(=O)[C@H]13. The molecule has 39 heavy (non-hydrogen) atoms. The van der Waals surface area contributed by atoms with Crippen LogP contribution in [0.2, 0.25) is 0 Å². The molecular weight excluding hydrogens is 512 g/mol. The Kier molecular flexibility index (Phi) is 8.67. The lowest BCUT2D eigenvalue weighted by Gasteiger charge is -2.43. The van der Waals surface area contributed by atoms with E-state index in [1.165, 1.54) is 6.08 Å². The van der Waals surface area contributed by atoms with Crippen molar-refractivity contribution in [3.8, 4) is 0 Å². The molecule has 3 aliphatic heterocycles. The van der Waals surface area contributed by atoms with Crippen molar-refractivity contribution in [2.75, 3.05) is 24.7 Å². The number of nitrogens with zero attached hydrogens (tertiary/aromatic N) is 2. The van der Waals surface area contributed by atoms with Crippen molar-refractivity contribution in [2.24, 2.45) is 23.7 Å². The lowest BCUT2D eigenvalue weighted by Crippen LogP contribution is -2.60. The predicted molar refractivity (Wildman–Crippen MR) is 155 cm³/mol. The summed E-state index contributed by atoms with van der Waals surface area (Å²) in [5.41, 5.74) is 2.72. The Morgan fingerprint density at radius 3 is 2.51 bits per heavy atom. The van der Waals surface area contributed by atoms with Crippen molar-refractivity contribution in [3.63, 3.8) is 0 Å². The fourth-order valence-electron chi connectivity index (χ4n) is 7.22. The summed E-state index contributed by atoms with van der Waals surface area (Å²) in [6, 6.07) is 4.54. The zero-order valence-electron chi connectivity index (χ0n) is 23.8. The van der Waals surface area contributed by atoms with Gasteiger partial charge in [0.05, 0.1) is 29.2 Å². The second kappa shape index (κ2) is 11.5. The maximum absolute atomic E-state index is 14.9. The van der Waals surface area contributed by atoms with Gasteiger partial charge in [-0.1, -0.05) is 64.1 Å². The Bertz CT molecular complexity index is 1130. The number of amides is 2. The molecular formula is C31H42N2O5S. The molecule has 4 rings (SSSR count). The van der Waals surface area contributed by atoms with Crippen LogP contribution in [0.15, 0.2) is 43.5 Å². The smallest absolute Gasteiger partial charge is 0.311 e. The van der Waals surface area contributed by atoms with E-state index >= 15 is 0 Å². The molecule has 212 valence electrons. The van der Waals surface area contributed by atoms with Crippen molar-refractivity contribution in [2.45, 2.75) is 69.5 Å². The van der Waals surface area contributed by atoms with Gasteiger partial charge in [0.1, 0.15) is 12.6 Å². The molecule has 3 aliphatic rings. The fourth-order valence-corrected chi connectivity index (χ4v) is 9.61. The second-order valence-electron chi connectivity index (χ2n) is 11.3. The minimum Gasteiger partial charge on any atom is -0.461 e. The third kappa shape index (κ3) is 4.53. The van der Waals surface area contributed by atoms with Gasteiger partial charge >= 0.3 is 5.97 Å². The molecule has 8 heteroatoms. The average molecular weight is 555 g/mol. The number of para-hydroxylation sites is 1. The minimum absolute atomic E-state index is 0.0173. The van der Waals surface area contributed by atoms with E-state index in [0.29, 0.717) is 0 Å². The Morgan fingerprint density at radius 1 is 1.28 bits per heavy atom. The Balaban J connectivity index is 1.90. The van der Waals surface area contributed by atoms with Gasteiger partial charge in [0.2, 0.25) is 5.91 Å². The normalized spacial score (nSPS) is 30.6. The molecule has 3 heterocycles. The number of anilines is 1. The van der Waals surface area contributed by atoms with Crippen LogP contribution >= 0.6 is 11.8 Å². The van der Waals surface area contributed by atoms with Gasteiger partial charge < -0.3 is 19.6 Å². The monoisotopic (exact) mass is 554 g/mol. The van der Waals surface area contributed by atoms with Crippen LogP contribution in [0.5, 0.6) is 0 Å². The summed E-state index contributed by atoms with van der Waals surface area (Å²) in [5.74, 6) is -2.17. The fraction of sp³-hybridized carbons (Fsp3) is 0.581. The van der Waals surface area contributed by atoms with E-state index in [-0.39, 0.29) is 48.7 Å². The van der Waals surface area contributed by atoms with Gasteiger partial charge in [-0.05, 0) is 43.2 Å². The number of hydrogen-bond donors (Lipinski definition) is 1. The van der Waals surface area contributed by atoms with E-state index in [2.05, 4.69) is 20.1 Å². The number of rotatable bonds is 11. The molecule has 1 N–H and O–H groups in total. The van der Waals surface area contributed by atoms with Gasteiger partial charge in [-0.3, -0.25) is 14.4 Å².